The molecule has 1 aromatic rings. The Hall–Kier alpha value is -1.58. The zero-order valence-electron chi connectivity index (χ0n) is 7.00. The number of aromatic nitrogens is 1. The molecular formula is C8H12N2O2. The van der Waals surface area contributed by atoms with Crippen molar-refractivity contribution in [3.63, 3.8) is 0 Å². The van der Waals surface area contributed by atoms with Crippen LogP contribution in [0.15, 0.2) is 18.3 Å². The van der Waals surface area contributed by atoms with Crippen LogP contribution in [0.2, 0.25) is 0 Å². The Morgan fingerprint density at radius 2 is 2.50 bits per heavy atom. The molecule has 1 N–H and O–H groups in total. The Bertz CT molecular complexity index is 291. The number of ether oxygens (including phenoxy) is 1. The summed E-state index contributed by atoms with van der Waals surface area (Å²) in [5.74, 6) is 0.502. The van der Waals surface area contributed by atoms with Crippen LogP contribution >= 0.6 is 0 Å². The Morgan fingerprint density at radius 1 is 1.75 bits per heavy atom. The molecule has 0 atom stereocenters. The lowest BCUT2D eigenvalue weighted by atomic mass is 10.3. The summed E-state index contributed by atoms with van der Waals surface area (Å²) in [5, 5.41) is 2.46. The summed E-state index contributed by atoms with van der Waals surface area (Å²) in [4.78, 5) is 14.6. The highest BCUT2D eigenvalue weighted by Gasteiger charge is 1.99. The fourth-order valence-corrected chi connectivity index (χ4v) is 0.760. The average molecular weight is 168 g/mol. The van der Waals surface area contributed by atoms with Crippen molar-refractivity contribution in [3.05, 3.63) is 23.9 Å². The van der Waals surface area contributed by atoms with E-state index in [2.05, 4.69) is 15.0 Å². The molecule has 0 spiro atoms. The topological polar surface area (TPSA) is 51.2 Å². The molecule has 0 fully saturated rings. The molecule has 4 heteroatoms. The molecule has 66 valence electrons. The quantitative estimate of drug-likeness (QED) is 0.695. The van der Waals surface area contributed by atoms with Gasteiger partial charge in [0.25, 0.3) is 0 Å². The van der Waals surface area contributed by atoms with Crippen LogP contribution in [0, 0.1) is 6.92 Å². The Balaban J connectivity index is 0.00000144. The highest BCUT2D eigenvalue weighted by Crippen LogP contribution is 2.04. The number of aryl methyl sites for hydroxylation is 1. The molecule has 0 saturated heterocycles. The summed E-state index contributed by atoms with van der Waals surface area (Å²) in [5.41, 5.74) is 1.04. The second-order valence-electron chi connectivity index (χ2n) is 2.34. The molecule has 1 aromatic heterocycles. The van der Waals surface area contributed by atoms with E-state index < -0.39 is 6.09 Å². The molecule has 4 nitrogen and oxygen atoms in total. The number of carbonyl (C=O) groups excluding carboxylic acids is 1. The predicted molar refractivity (Wildman–Crippen MR) is 47.1 cm³/mol. The number of methoxy groups -OCH3 is 1. The van der Waals surface area contributed by atoms with Crippen molar-refractivity contribution in [2.24, 2.45) is 0 Å². The number of hydrogen-bond acceptors (Lipinski definition) is 3. The molecule has 0 aliphatic heterocycles. The summed E-state index contributed by atoms with van der Waals surface area (Å²) < 4.78 is 4.40. The van der Waals surface area contributed by atoms with Crippen LogP contribution in [-0.4, -0.2) is 18.2 Å². The zero-order valence-corrected chi connectivity index (χ0v) is 7.00. The van der Waals surface area contributed by atoms with Gasteiger partial charge in [0.1, 0.15) is 5.82 Å². The first-order valence-corrected chi connectivity index (χ1v) is 3.50. The fraction of sp³-hybridized carbons (Fsp3) is 0.250. The second kappa shape index (κ2) is 3.71. The standard InChI is InChI=1S/C8H10N2O2.H2/c1-6-3-4-9-7(5-6)10-8(11)12-2;/h3-5H,1-2H3,(H,9,10,11);1H. The molecule has 0 bridgehead atoms. The molecular weight excluding hydrogens is 156 g/mol. The number of carbonyl (C=O) groups is 1. The largest absolute Gasteiger partial charge is 0.453 e. The van der Waals surface area contributed by atoms with Gasteiger partial charge in [-0.2, -0.15) is 0 Å². The maximum absolute atomic E-state index is 10.7. The lowest BCUT2D eigenvalue weighted by Crippen LogP contribution is -2.11. The summed E-state index contributed by atoms with van der Waals surface area (Å²) in [7, 11) is 1.31. The Kier molecular flexibility index (Phi) is 2.63. The summed E-state index contributed by atoms with van der Waals surface area (Å²) >= 11 is 0. The highest BCUT2D eigenvalue weighted by atomic mass is 16.5. The number of nitrogens with zero attached hydrogens (tertiary/aromatic N) is 1. The van der Waals surface area contributed by atoms with Crippen LogP contribution in [0.5, 0.6) is 0 Å². The predicted octanol–water partition coefficient (Wildman–Crippen LogP) is 1.81. The van der Waals surface area contributed by atoms with Crippen LogP contribution in [0.4, 0.5) is 10.6 Å². The van der Waals surface area contributed by atoms with Crippen LogP contribution in [0.1, 0.15) is 6.99 Å². The van der Waals surface area contributed by atoms with Crippen LogP contribution in [0.3, 0.4) is 0 Å². The van der Waals surface area contributed by atoms with Crippen molar-refractivity contribution in [2.75, 3.05) is 12.4 Å². The Morgan fingerprint density at radius 3 is 3.08 bits per heavy atom. The third-order valence-electron chi connectivity index (χ3n) is 1.33. The monoisotopic (exact) mass is 168 g/mol. The van der Waals surface area contributed by atoms with E-state index in [0.717, 1.165) is 5.56 Å². The van der Waals surface area contributed by atoms with Crippen LogP contribution < -0.4 is 5.32 Å². The van der Waals surface area contributed by atoms with Crippen LogP contribution in [0.25, 0.3) is 0 Å². The molecule has 0 unspecified atom stereocenters. The minimum atomic E-state index is -0.506. The van der Waals surface area contributed by atoms with E-state index in [0.29, 0.717) is 5.82 Å². The first-order valence-electron chi connectivity index (χ1n) is 3.50. The van der Waals surface area contributed by atoms with Gasteiger partial charge in [0, 0.05) is 7.62 Å². The van der Waals surface area contributed by atoms with Gasteiger partial charge in [0.05, 0.1) is 7.11 Å². The Labute approximate surface area is 72.1 Å². The van der Waals surface area contributed by atoms with Gasteiger partial charge < -0.3 is 4.74 Å². The van der Waals surface area contributed by atoms with Crippen molar-refractivity contribution < 1.29 is 11.0 Å². The summed E-state index contributed by atoms with van der Waals surface area (Å²) in [6.07, 6.45) is 1.12. The average Bonchev–Trinajstić information content (AvgIpc) is 2.04. The third-order valence-corrected chi connectivity index (χ3v) is 1.33. The number of anilines is 1. The number of pyridine rings is 1. The summed E-state index contributed by atoms with van der Waals surface area (Å²) in [6, 6.07) is 3.61. The zero-order chi connectivity index (χ0) is 8.97. The first kappa shape index (κ1) is 8.52. The summed E-state index contributed by atoms with van der Waals surface area (Å²) in [6.45, 7) is 1.92. The minimum Gasteiger partial charge on any atom is -0.453 e. The van der Waals surface area contributed by atoms with Gasteiger partial charge in [-0.3, -0.25) is 5.32 Å². The van der Waals surface area contributed by atoms with Gasteiger partial charge in [-0.1, -0.05) is 0 Å². The number of hydrogen-bond donors (Lipinski definition) is 1. The molecule has 0 aliphatic carbocycles. The van der Waals surface area contributed by atoms with E-state index in [9.17, 15) is 4.79 Å². The van der Waals surface area contributed by atoms with E-state index in [1.807, 2.05) is 13.0 Å². The first-order chi connectivity index (χ1) is 5.72. The number of nitrogens with one attached hydrogen (secondary N) is 1. The number of amides is 1. The highest BCUT2D eigenvalue weighted by molar-refractivity contribution is 5.83. The van der Waals surface area contributed by atoms with Crippen molar-refractivity contribution in [1.29, 1.82) is 0 Å². The minimum absolute atomic E-state index is 0. The molecule has 1 amide bonds. The maximum atomic E-state index is 10.7. The lowest BCUT2D eigenvalue weighted by Gasteiger charge is -2.01. The fourth-order valence-electron chi connectivity index (χ4n) is 0.760. The van der Waals surface area contributed by atoms with Crippen molar-refractivity contribution >= 4 is 11.9 Å². The molecule has 1 rings (SSSR count). The van der Waals surface area contributed by atoms with Gasteiger partial charge in [-0.25, -0.2) is 9.78 Å². The molecule has 0 aromatic carbocycles. The SMILES string of the molecule is COC(=O)Nc1cc(C)ccn1.[HH]. The van der Waals surface area contributed by atoms with Crippen molar-refractivity contribution in [3.8, 4) is 0 Å². The van der Waals surface area contributed by atoms with Crippen molar-refractivity contribution in [1.82, 2.24) is 4.98 Å². The van der Waals surface area contributed by atoms with Gasteiger partial charge in [-0.05, 0) is 24.6 Å². The maximum Gasteiger partial charge on any atom is 0.412 e. The normalized spacial score (nSPS) is 9.17. The van der Waals surface area contributed by atoms with E-state index in [-0.39, 0.29) is 1.43 Å². The smallest absolute Gasteiger partial charge is 0.412 e. The van der Waals surface area contributed by atoms with E-state index >= 15 is 0 Å². The van der Waals surface area contributed by atoms with Crippen LogP contribution in [-0.2, 0) is 4.74 Å². The van der Waals surface area contributed by atoms with E-state index in [1.165, 1.54) is 7.11 Å². The van der Waals surface area contributed by atoms with E-state index in [1.54, 1.807) is 12.3 Å². The van der Waals surface area contributed by atoms with Gasteiger partial charge in [0.15, 0.2) is 0 Å². The molecule has 0 radical (unpaired) electrons. The number of rotatable bonds is 1. The molecule has 1 heterocycles. The molecule has 0 saturated carbocycles. The van der Waals surface area contributed by atoms with Gasteiger partial charge >= 0.3 is 6.09 Å². The third kappa shape index (κ3) is 2.23. The van der Waals surface area contributed by atoms with Gasteiger partial charge in [-0.15, -0.1) is 0 Å². The lowest BCUT2D eigenvalue weighted by molar-refractivity contribution is 0.187. The van der Waals surface area contributed by atoms with Crippen molar-refractivity contribution in [2.45, 2.75) is 6.92 Å². The van der Waals surface area contributed by atoms with E-state index in [4.69, 9.17) is 0 Å². The molecule has 12 heavy (non-hydrogen) atoms. The second-order valence-corrected chi connectivity index (χ2v) is 2.34. The van der Waals surface area contributed by atoms with Gasteiger partial charge in [0.2, 0.25) is 0 Å². The molecule has 0 aliphatic rings.